The van der Waals surface area contributed by atoms with Crippen LogP contribution in [0.4, 0.5) is 0 Å². The lowest BCUT2D eigenvalue weighted by atomic mass is 9.73. The average molecular weight is 558 g/mol. The Morgan fingerprint density at radius 2 is 1.11 bits per heavy atom. The molecule has 0 N–H and O–H groups in total. The molecule has 0 saturated carbocycles. The zero-order chi connectivity index (χ0) is 29.1. The van der Waals surface area contributed by atoms with Crippen LogP contribution in [0.2, 0.25) is 0 Å². The first-order chi connectivity index (χ1) is 21.8. The summed E-state index contributed by atoms with van der Waals surface area (Å²) in [5.41, 5.74) is 10.1. The lowest BCUT2D eigenvalue weighted by Crippen LogP contribution is -2.25. The van der Waals surface area contributed by atoms with E-state index in [9.17, 15) is 0 Å². The Hall–Kier alpha value is -5.84. The Labute approximate surface area is 256 Å². The standard InChI is InChI=1S/C43H27N/c1-3-13-30(14-4-1)25-26-43(33-17-5-2-6-18-33)39-21-11-9-19-35(39)37-29-34(23-24-40(37)43)44-41-22-12-10-20-36(41)38-27-31-15-7-8-16-32(31)28-42(38)44/h1-24,27-29H. The summed E-state index contributed by atoms with van der Waals surface area (Å²) in [6.45, 7) is 0. The van der Waals surface area contributed by atoms with Crippen LogP contribution in [0, 0.1) is 11.8 Å². The maximum Gasteiger partial charge on any atom is 0.108 e. The number of nitrogens with zero attached hydrogens (tertiary/aromatic N) is 1. The summed E-state index contributed by atoms with van der Waals surface area (Å²) < 4.78 is 2.43. The van der Waals surface area contributed by atoms with Crippen molar-refractivity contribution in [2.45, 2.75) is 5.41 Å². The number of para-hydroxylation sites is 1. The third kappa shape index (κ3) is 3.55. The summed E-state index contributed by atoms with van der Waals surface area (Å²) >= 11 is 0. The van der Waals surface area contributed by atoms with E-state index < -0.39 is 5.41 Å². The van der Waals surface area contributed by atoms with Crippen LogP contribution in [0.3, 0.4) is 0 Å². The van der Waals surface area contributed by atoms with Gasteiger partial charge in [-0.05, 0) is 81.1 Å². The van der Waals surface area contributed by atoms with Crippen molar-refractivity contribution in [3.05, 3.63) is 186 Å². The van der Waals surface area contributed by atoms with Crippen LogP contribution in [0.1, 0.15) is 22.3 Å². The molecule has 0 radical (unpaired) electrons. The lowest BCUT2D eigenvalue weighted by molar-refractivity contribution is 0.836. The molecule has 1 nitrogen and oxygen atoms in total. The molecule has 7 aromatic carbocycles. The summed E-state index contributed by atoms with van der Waals surface area (Å²) in [6, 6.07) is 58.9. The fourth-order valence-corrected chi connectivity index (χ4v) is 7.24. The highest BCUT2D eigenvalue weighted by atomic mass is 15.0. The van der Waals surface area contributed by atoms with E-state index in [1.807, 2.05) is 6.07 Å². The molecule has 1 heterocycles. The summed E-state index contributed by atoms with van der Waals surface area (Å²) in [5, 5.41) is 5.04. The second-order valence-corrected chi connectivity index (χ2v) is 11.6. The summed E-state index contributed by atoms with van der Waals surface area (Å²) in [4.78, 5) is 0. The van der Waals surface area contributed by atoms with Gasteiger partial charge < -0.3 is 4.57 Å². The number of fused-ring (bicyclic) bond motifs is 7. The van der Waals surface area contributed by atoms with Crippen LogP contribution < -0.4 is 0 Å². The molecule has 44 heavy (non-hydrogen) atoms. The van der Waals surface area contributed by atoms with Gasteiger partial charge in [-0.25, -0.2) is 0 Å². The highest BCUT2D eigenvalue weighted by molar-refractivity contribution is 6.13. The van der Waals surface area contributed by atoms with Crippen LogP contribution in [-0.4, -0.2) is 4.57 Å². The minimum absolute atomic E-state index is 0.585. The molecule has 204 valence electrons. The van der Waals surface area contributed by atoms with Crippen LogP contribution in [-0.2, 0) is 5.41 Å². The molecular weight excluding hydrogens is 530 g/mol. The summed E-state index contributed by atoms with van der Waals surface area (Å²) in [5.74, 6) is 7.38. The van der Waals surface area contributed by atoms with E-state index in [0.29, 0.717) is 0 Å². The van der Waals surface area contributed by atoms with Crippen molar-refractivity contribution in [3.8, 4) is 28.7 Å². The second-order valence-electron chi connectivity index (χ2n) is 11.6. The molecule has 1 aliphatic carbocycles. The summed E-state index contributed by atoms with van der Waals surface area (Å²) in [6.07, 6.45) is 0. The molecule has 0 amide bonds. The molecule has 1 heteroatoms. The summed E-state index contributed by atoms with van der Waals surface area (Å²) in [7, 11) is 0. The van der Waals surface area contributed by atoms with Gasteiger partial charge in [-0.1, -0.05) is 133 Å². The molecule has 0 bridgehead atoms. The largest absolute Gasteiger partial charge is 0.309 e. The van der Waals surface area contributed by atoms with Crippen LogP contribution in [0.25, 0.3) is 49.4 Å². The third-order valence-electron chi connectivity index (χ3n) is 9.20. The van der Waals surface area contributed by atoms with Gasteiger partial charge in [-0.2, -0.15) is 0 Å². The van der Waals surface area contributed by atoms with E-state index in [2.05, 4.69) is 174 Å². The van der Waals surface area contributed by atoms with Crippen LogP contribution >= 0.6 is 0 Å². The first-order valence-electron chi connectivity index (χ1n) is 15.1. The molecule has 1 atom stereocenters. The van der Waals surface area contributed by atoms with Crippen LogP contribution in [0.15, 0.2) is 164 Å². The Morgan fingerprint density at radius 1 is 0.455 bits per heavy atom. The second kappa shape index (κ2) is 9.60. The number of benzene rings is 7. The zero-order valence-electron chi connectivity index (χ0n) is 24.0. The van der Waals surface area contributed by atoms with Gasteiger partial charge in [0.05, 0.1) is 11.0 Å². The molecule has 0 spiro atoms. The number of hydrogen-bond donors (Lipinski definition) is 0. The minimum atomic E-state index is -0.585. The Bertz CT molecular complexity index is 2440. The molecule has 0 saturated heterocycles. The predicted molar refractivity (Wildman–Crippen MR) is 183 cm³/mol. The Balaban J connectivity index is 1.34. The topological polar surface area (TPSA) is 4.93 Å². The van der Waals surface area contributed by atoms with Gasteiger partial charge in [0.2, 0.25) is 0 Å². The van der Waals surface area contributed by atoms with E-state index in [0.717, 1.165) is 11.3 Å². The molecule has 1 aliphatic rings. The fraction of sp³-hybridized carbons (Fsp3) is 0.0233. The third-order valence-corrected chi connectivity index (χ3v) is 9.20. The van der Waals surface area contributed by atoms with Crippen molar-refractivity contribution in [3.63, 3.8) is 0 Å². The first-order valence-corrected chi connectivity index (χ1v) is 15.1. The fourth-order valence-electron chi connectivity index (χ4n) is 7.24. The van der Waals surface area contributed by atoms with Gasteiger partial charge in [0.25, 0.3) is 0 Å². The maximum atomic E-state index is 3.82. The van der Waals surface area contributed by atoms with Gasteiger partial charge >= 0.3 is 0 Å². The van der Waals surface area contributed by atoms with Gasteiger partial charge in [-0.3, -0.25) is 0 Å². The Kier molecular flexibility index (Phi) is 5.39. The van der Waals surface area contributed by atoms with Crippen molar-refractivity contribution >= 4 is 32.6 Å². The number of hydrogen-bond acceptors (Lipinski definition) is 0. The van der Waals surface area contributed by atoms with Gasteiger partial charge in [0, 0.05) is 22.0 Å². The van der Waals surface area contributed by atoms with E-state index in [-0.39, 0.29) is 0 Å². The number of rotatable bonds is 2. The van der Waals surface area contributed by atoms with Crippen LogP contribution in [0.5, 0.6) is 0 Å². The zero-order valence-corrected chi connectivity index (χ0v) is 24.0. The highest BCUT2D eigenvalue weighted by Gasteiger charge is 2.43. The van der Waals surface area contributed by atoms with E-state index in [1.165, 1.54) is 60.4 Å². The smallest absolute Gasteiger partial charge is 0.108 e. The normalized spacial score (nSPS) is 15.2. The van der Waals surface area contributed by atoms with E-state index in [4.69, 9.17) is 0 Å². The predicted octanol–water partition coefficient (Wildman–Crippen LogP) is 10.3. The molecule has 1 unspecified atom stereocenters. The van der Waals surface area contributed by atoms with Crippen molar-refractivity contribution in [1.82, 2.24) is 4.57 Å². The maximum absolute atomic E-state index is 3.82. The minimum Gasteiger partial charge on any atom is -0.309 e. The molecule has 8 aromatic rings. The number of aromatic nitrogens is 1. The molecule has 0 aliphatic heterocycles. The van der Waals surface area contributed by atoms with Crippen molar-refractivity contribution in [2.24, 2.45) is 0 Å². The molecule has 9 rings (SSSR count). The molecule has 0 fully saturated rings. The average Bonchev–Trinajstić information content (AvgIpc) is 3.57. The Morgan fingerprint density at radius 3 is 1.95 bits per heavy atom. The monoisotopic (exact) mass is 557 g/mol. The van der Waals surface area contributed by atoms with Crippen molar-refractivity contribution < 1.29 is 0 Å². The van der Waals surface area contributed by atoms with E-state index in [1.54, 1.807) is 0 Å². The molecular formula is C43H27N. The molecule has 1 aromatic heterocycles. The van der Waals surface area contributed by atoms with Gasteiger partial charge in [0.15, 0.2) is 0 Å². The highest BCUT2D eigenvalue weighted by Crippen LogP contribution is 2.53. The van der Waals surface area contributed by atoms with E-state index >= 15 is 0 Å². The SMILES string of the molecule is C(#CC1(c2ccccc2)c2ccccc2-c2cc(-n3c4ccccc4c4cc5ccccc5cc43)ccc21)c1ccccc1. The quantitative estimate of drug-likeness (QED) is 0.186. The lowest BCUT2D eigenvalue weighted by Gasteiger charge is -2.27. The van der Waals surface area contributed by atoms with Crippen molar-refractivity contribution in [2.75, 3.05) is 0 Å². The van der Waals surface area contributed by atoms with Crippen molar-refractivity contribution in [1.29, 1.82) is 0 Å². The van der Waals surface area contributed by atoms with Gasteiger partial charge in [0.1, 0.15) is 5.41 Å². The van der Waals surface area contributed by atoms with Gasteiger partial charge in [-0.15, -0.1) is 0 Å². The first kappa shape index (κ1) is 24.7.